The predicted molar refractivity (Wildman–Crippen MR) is 139 cm³/mol. The number of anilines is 1. The van der Waals surface area contributed by atoms with E-state index in [0.717, 1.165) is 30.4 Å². The minimum atomic E-state index is -1.46. The van der Waals surface area contributed by atoms with Crippen LogP contribution < -0.4 is 21.0 Å². The Hall–Kier alpha value is -4.74. The number of nitrogens with one attached hydrogen (secondary N) is 2. The van der Waals surface area contributed by atoms with E-state index in [1.54, 1.807) is 6.08 Å². The third-order valence-electron chi connectivity index (χ3n) is 6.70. The number of fused-ring (bicyclic) bond motifs is 2. The lowest BCUT2D eigenvalue weighted by atomic mass is 9.79. The molecule has 39 heavy (non-hydrogen) atoms. The van der Waals surface area contributed by atoms with Gasteiger partial charge < -0.3 is 24.9 Å². The van der Waals surface area contributed by atoms with Crippen molar-refractivity contribution in [1.82, 2.24) is 5.32 Å². The van der Waals surface area contributed by atoms with Crippen molar-refractivity contribution in [3.63, 3.8) is 0 Å². The van der Waals surface area contributed by atoms with E-state index < -0.39 is 47.2 Å². The molecule has 0 radical (unpaired) electrons. The van der Waals surface area contributed by atoms with Gasteiger partial charge in [0, 0.05) is 23.9 Å². The Kier molecular flexibility index (Phi) is 7.93. The zero-order chi connectivity index (χ0) is 28.3. The minimum absolute atomic E-state index is 0.00906. The lowest BCUT2D eigenvalue weighted by Gasteiger charge is -2.35. The van der Waals surface area contributed by atoms with Crippen LogP contribution in [-0.2, 0) is 20.8 Å². The van der Waals surface area contributed by atoms with Crippen LogP contribution in [0.5, 0.6) is 5.75 Å². The Bertz CT molecular complexity index is 1420. The van der Waals surface area contributed by atoms with Gasteiger partial charge in [-0.3, -0.25) is 24.5 Å². The summed E-state index contributed by atoms with van der Waals surface area (Å²) in [6, 6.07) is 4.90. The third-order valence-corrected chi connectivity index (χ3v) is 6.70. The number of amides is 2. The van der Waals surface area contributed by atoms with Crippen LogP contribution in [0.4, 0.5) is 11.4 Å². The molecule has 2 heterocycles. The van der Waals surface area contributed by atoms with Crippen LogP contribution in [0.25, 0.3) is 6.08 Å². The van der Waals surface area contributed by atoms with E-state index in [2.05, 4.69) is 17.2 Å². The fourth-order valence-electron chi connectivity index (χ4n) is 4.63. The maximum atomic E-state index is 12.7. The van der Waals surface area contributed by atoms with Crippen LogP contribution in [-0.4, -0.2) is 40.0 Å². The number of allylic oxidation sites excluding steroid dienone is 1. The molecule has 0 saturated heterocycles. The summed E-state index contributed by atoms with van der Waals surface area (Å²) in [7, 11) is 0. The van der Waals surface area contributed by atoms with Crippen molar-refractivity contribution in [2.75, 3.05) is 5.32 Å². The van der Waals surface area contributed by atoms with E-state index >= 15 is 0 Å². The molecule has 3 atom stereocenters. The Morgan fingerprint density at radius 3 is 2.62 bits per heavy atom. The van der Waals surface area contributed by atoms with Crippen LogP contribution in [0.1, 0.15) is 43.9 Å². The van der Waals surface area contributed by atoms with Gasteiger partial charge in [0.05, 0.1) is 17.8 Å². The van der Waals surface area contributed by atoms with E-state index in [1.165, 1.54) is 30.3 Å². The molecule has 2 aliphatic rings. The lowest BCUT2D eigenvalue weighted by molar-refractivity contribution is -0.384. The Labute approximate surface area is 222 Å². The Morgan fingerprint density at radius 1 is 1.26 bits per heavy atom. The number of ether oxygens (including phenoxy) is 1. The van der Waals surface area contributed by atoms with Gasteiger partial charge in [-0.15, -0.1) is 0 Å². The average Bonchev–Trinajstić information content (AvgIpc) is 2.87. The number of carbonyl (C=O) groups excluding carboxylic acids is 2. The fourth-order valence-corrected chi connectivity index (χ4v) is 4.63. The second-order valence-corrected chi connectivity index (χ2v) is 9.61. The van der Waals surface area contributed by atoms with Gasteiger partial charge in [-0.2, -0.15) is 0 Å². The number of hydrogen-bond acceptors (Lipinski definition) is 8. The molecule has 2 amide bonds. The first-order valence-electron chi connectivity index (χ1n) is 12.3. The number of rotatable bonds is 9. The number of carboxylic acids is 1. The molecule has 1 aromatic carbocycles. The maximum absolute atomic E-state index is 12.7. The first-order valence-corrected chi connectivity index (χ1v) is 12.3. The maximum Gasteiger partial charge on any atom is 0.347 e. The molecule has 4 rings (SSSR count). The fraction of sp³-hybridized carbons (Fsp3) is 0.333. The predicted octanol–water partition coefficient (Wildman–Crippen LogP) is 3.21. The molecule has 1 aliphatic heterocycles. The van der Waals surface area contributed by atoms with E-state index in [-0.39, 0.29) is 28.8 Å². The van der Waals surface area contributed by atoms with Crippen molar-refractivity contribution in [3.8, 4) is 5.75 Å². The second kappa shape index (κ2) is 11.3. The highest BCUT2D eigenvalue weighted by atomic mass is 16.6. The highest BCUT2D eigenvalue weighted by Gasteiger charge is 2.32. The number of nitro groups is 1. The Morgan fingerprint density at radius 2 is 1.97 bits per heavy atom. The number of carboxylic acid groups (broad SMARTS) is 1. The summed E-state index contributed by atoms with van der Waals surface area (Å²) in [5, 5.41) is 24.8. The highest BCUT2D eigenvalue weighted by Crippen LogP contribution is 2.39. The van der Waals surface area contributed by atoms with Crippen molar-refractivity contribution in [2.45, 2.75) is 51.2 Å². The summed E-state index contributed by atoms with van der Waals surface area (Å²) >= 11 is 0. The van der Waals surface area contributed by atoms with Crippen molar-refractivity contribution < 1.29 is 33.6 Å². The molecule has 3 N–H and O–H groups in total. The normalized spacial score (nSPS) is 18.3. The molecule has 1 aromatic heterocycles. The number of benzene rings is 1. The minimum Gasteiger partial charge on any atom is -0.485 e. The first-order chi connectivity index (χ1) is 18.5. The molecule has 12 heteroatoms. The van der Waals surface area contributed by atoms with Gasteiger partial charge in [-0.05, 0) is 55.9 Å². The van der Waals surface area contributed by atoms with Gasteiger partial charge >= 0.3 is 11.6 Å². The number of aliphatic carboxylic acids is 1. The van der Waals surface area contributed by atoms with Crippen molar-refractivity contribution in [3.05, 3.63) is 79.9 Å². The summed E-state index contributed by atoms with van der Waals surface area (Å²) in [4.78, 5) is 59.6. The summed E-state index contributed by atoms with van der Waals surface area (Å²) in [5.41, 5.74) is 1.67. The molecule has 0 unspecified atom stereocenters. The number of nitro benzene ring substituents is 1. The largest absolute Gasteiger partial charge is 0.485 e. The van der Waals surface area contributed by atoms with E-state index in [4.69, 9.17) is 9.15 Å². The molecule has 1 saturated carbocycles. The molecule has 1 aliphatic carbocycles. The molecular weight excluding hydrogens is 510 g/mol. The lowest BCUT2D eigenvalue weighted by Crippen LogP contribution is -2.45. The molecule has 0 spiro atoms. The van der Waals surface area contributed by atoms with E-state index in [1.807, 2.05) is 6.92 Å². The molecule has 1 fully saturated rings. The van der Waals surface area contributed by atoms with Crippen molar-refractivity contribution in [1.29, 1.82) is 0 Å². The van der Waals surface area contributed by atoms with E-state index in [9.17, 15) is 34.4 Å². The van der Waals surface area contributed by atoms with Crippen LogP contribution in [0.15, 0.2) is 57.3 Å². The zero-order valence-electron chi connectivity index (χ0n) is 21.1. The van der Waals surface area contributed by atoms with Crippen molar-refractivity contribution in [2.24, 2.45) is 5.92 Å². The quantitative estimate of drug-likeness (QED) is 0.246. The number of nitrogens with zero attached hydrogens (tertiary/aromatic N) is 1. The van der Waals surface area contributed by atoms with Gasteiger partial charge in [-0.25, -0.2) is 4.79 Å². The van der Waals surface area contributed by atoms with Gasteiger partial charge in [0.25, 0.3) is 5.69 Å². The van der Waals surface area contributed by atoms with Gasteiger partial charge in [0.15, 0.2) is 0 Å². The second-order valence-electron chi connectivity index (χ2n) is 9.61. The van der Waals surface area contributed by atoms with Gasteiger partial charge in [-0.1, -0.05) is 12.2 Å². The summed E-state index contributed by atoms with van der Waals surface area (Å²) in [5.74, 6) is -2.33. The topological polar surface area (TPSA) is 178 Å². The summed E-state index contributed by atoms with van der Waals surface area (Å²) in [6.07, 6.45) is 2.84. The SMILES string of the molecule is C=C(C)[C@H]1CCC2=Cc3c(cc(CC(=O)N[C@@H](CC(=O)O)C(=O)Nc4ccc([N+](=O)[O-])cc4)oc3=O)O[C@H]2C1. The zero-order valence-corrected chi connectivity index (χ0v) is 21.1. The molecule has 204 valence electrons. The molecule has 12 nitrogen and oxygen atoms in total. The van der Waals surface area contributed by atoms with Gasteiger partial charge in [0.2, 0.25) is 11.8 Å². The number of non-ortho nitro benzene ring substituents is 1. The van der Waals surface area contributed by atoms with Gasteiger partial charge in [0.1, 0.15) is 29.2 Å². The molecular formula is C27H27N3O9. The highest BCUT2D eigenvalue weighted by molar-refractivity contribution is 5.99. The smallest absolute Gasteiger partial charge is 0.347 e. The van der Waals surface area contributed by atoms with Crippen LogP contribution in [0.2, 0.25) is 0 Å². The summed E-state index contributed by atoms with van der Waals surface area (Å²) in [6.45, 7) is 6.01. The van der Waals surface area contributed by atoms with E-state index in [0.29, 0.717) is 11.7 Å². The van der Waals surface area contributed by atoms with Crippen LogP contribution in [0, 0.1) is 16.0 Å². The number of carbonyl (C=O) groups is 3. The monoisotopic (exact) mass is 537 g/mol. The standard InChI is InChI=1S/C27H27N3O9/c1-14(2)15-3-4-16-9-20-23(39-22(16)10-15)11-19(38-27(20)35)12-24(31)29-21(13-25(32)33)26(34)28-17-5-7-18(8-6-17)30(36)37/h5-9,11,15,21-22H,1,3-4,10,12-13H2,2H3,(H,28,34)(H,29,31)(H,32,33)/t15-,21-,22-/m0/s1. The number of hydrogen-bond donors (Lipinski definition) is 3. The molecule has 0 bridgehead atoms. The Balaban J connectivity index is 1.45. The van der Waals surface area contributed by atoms with Crippen molar-refractivity contribution >= 4 is 35.2 Å². The van der Waals surface area contributed by atoms with Crippen LogP contribution in [0.3, 0.4) is 0 Å². The summed E-state index contributed by atoms with van der Waals surface area (Å²) < 4.78 is 11.4. The van der Waals surface area contributed by atoms with Crippen LogP contribution >= 0.6 is 0 Å². The first kappa shape index (κ1) is 27.3. The molecule has 2 aromatic rings. The average molecular weight is 538 g/mol. The third kappa shape index (κ3) is 6.58.